The molecule has 1 aromatic carbocycles. The highest BCUT2D eigenvalue weighted by Gasteiger charge is 2.52. The number of nitrogens with one attached hydrogen (secondary N) is 1. The van der Waals surface area contributed by atoms with Crippen LogP contribution in [0.4, 0.5) is 5.82 Å². The zero-order chi connectivity index (χ0) is 26.1. The van der Waals surface area contributed by atoms with Crippen LogP contribution in [0.25, 0.3) is 0 Å². The molecule has 2 fully saturated rings. The fourth-order valence-electron chi connectivity index (χ4n) is 6.05. The molecule has 2 saturated carbocycles. The lowest BCUT2D eigenvalue weighted by atomic mass is 9.77. The number of carbonyl (C=O) groups is 1. The number of oxazole rings is 1. The van der Waals surface area contributed by atoms with Gasteiger partial charge >= 0.3 is 0 Å². The van der Waals surface area contributed by atoms with Gasteiger partial charge in [0.25, 0.3) is 0 Å². The van der Waals surface area contributed by atoms with E-state index in [1.807, 2.05) is 12.1 Å². The number of β-amino-alcohol motifs (C(OH)–C–C–N with tert-alkyl or cyclic N) is 1. The molecule has 0 saturated heterocycles. The van der Waals surface area contributed by atoms with Crippen LogP contribution in [-0.4, -0.2) is 51.0 Å². The summed E-state index contributed by atoms with van der Waals surface area (Å²) in [7, 11) is 0. The Hall–Kier alpha value is -3.23. The lowest BCUT2D eigenvalue weighted by molar-refractivity contribution is 0.0836. The number of aliphatic hydroxyl groups is 1. The first kappa shape index (κ1) is 25.1. The quantitative estimate of drug-likeness (QED) is 0.354. The summed E-state index contributed by atoms with van der Waals surface area (Å²) in [6, 6.07) is 8.24. The van der Waals surface area contributed by atoms with Crippen LogP contribution in [0.2, 0.25) is 0 Å². The molecule has 200 valence electrons. The molecule has 8 nitrogen and oxygen atoms in total. The summed E-state index contributed by atoms with van der Waals surface area (Å²) < 4.78 is 11.2. The second-order valence-corrected chi connectivity index (χ2v) is 11.4. The van der Waals surface area contributed by atoms with E-state index in [0.29, 0.717) is 48.8 Å². The van der Waals surface area contributed by atoms with E-state index in [4.69, 9.17) is 9.15 Å². The van der Waals surface area contributed by atoms with Crippen LogP contribution < -0.4 is 10.1 Å². The maximum atomic E-state index is 12.8. The summed E-state index contributed by atoms with van der Waals surface area (Å²) in [6.45, 7) is 4.66. The number of ketones is 1. The molecule has 1 aliphatic heterocycles. The van der Waals surface area contributed by atoms with Crippen LogP contribution in [0, 0.1) is 12.3 Å². The van der Waals surface area contributed by atoms with Crippen LogP contribution in [-0.2, 0) is 19.6 Å². The first-order chi connectivity index (χ1) is 18.5. The third-order valence-corrected chi connectivity index (χ3v) is 8.49. The Morgan fingerprint density at radius 2 is 2.18 bits per heavy atom. The normalized spacial score (nSPS) is 19.0. The minimum atomic E-state index is -0.546. The fourth-order valence-corrected chi connectivity index (χ4v) is 6.05. The van der Waals surface area contributed by atoms with Crippen LogP contribution >= 0.6 is 0 Å². The minimum Gasteiger partial charge on any atom is -0.485 e. The lowest BCUT2D eigenvalue weighted by Crippen LogP contribution is -2.37. The maximum absolute atomic E-state index is 12.8. The highest BCUT2D eigenvalue weighted by molar-refractivity contribution is 5.96. The van der Waals surface area contributed by atoms with Crippen molar-refractivity contribution >= 4 is 11.6 Å². The topological polar surface area (TPSA) is 101 Å². The van der Waals surface area contributed by atoms with Gasteiger partial charge in [-0.3, -0.25) is 9.69 Å². The van der Waals surface area contributed by atoms with E-state index in [0.717, 1.165) is 36.6 Å². The molecule has 2 aliphatic carbocycles. The van der Waals surface area contributed by atoms with Crippen LogP contribution in [0.5, 0.6) is 5.75 Å². The molecule has 1 spiro atoms. The number of aromatic nitrogens is 2. The number of aliphatic hydroxyl groups excluding tert-OH is 1. The molecule has 3 heterocycles. The van der Waals surface area contributed by atoms with Crippen molar-refractivity contribution in [2.75, 3.05) is 18.4 Å². The molecule has 0 bridgehead atoms. The smallest absolute Gasteiger partial charge is 0.181 e. The van der Waals surface area contributed by atoms with Crippen molar-refractivity contribution < 1.29 is 19.1 Å². The fraction of sp³-hybridized carbons (Fsp3) is 0.500. The summed E-state index contributed by atoms with van der Waals surface area (Å²) in [5, 5.41) is 14.2. The standard InChI is InChI=1S/C30H36N4O4/c1-20-26-7-11-34(16-22(26)2-5-28(20)37-18-25-15-31-19-38-25)17-24(35)3-4-27(36)21-6-10-32-29(12-21)33-23-13-30(14-23)8-9-30/h2,5-6,10,12,15,19,23-24,35H,3-4,7-9,11,13-14,16-18H2,1H3,(H,32,33)/t24-/m0/s1. The molecule has 3 aliphatic rings. The first-order valence-electron chi connectivity index (χ1n) is 13.7. The molecule has 0 amide bonds. The summed E-state index contributed by atoms with van der Waals surface area (Å²) in [5.74, 6) is 2.40. The Morgan fingerprint density at radius 3 is 2.97 bits per heavy atom. The Labute approximate surface area is 223 Å². The Morgan fingerprint density at radius 1 is 1.32 bits per heavy atom. The SMILES string of the molecule is Cc1c(OCc2cnco2)ccc2c1CCN(C[C@@H](O)CCC(=O)c1ccnc(NC3CC4(CC4)C3)c1)C2. The Balaban J connectivity index is 0.968. The van der Waals surface area contributed by atoms with Gasteiger partial charge in [-0.15, -0.1) is 0 Å². The maximum Gasteiger partial charge on any atom is 0.181 e. The summed E-state index contributed by atoms with van der Waals surface area (Å²) >= 11 is 0. The first-order valence-corrected chi connectivity index (χ1v) is 13.7. The van der Waals surface area contributed by atoms with E-state index in [2.05, 4.69) is 33.2 Å². The van der Waals surface area contributed by atoms with E-state index >= 15 is 0 Å². The number of benzene rings is 1. The number of hydrogen-bond donors (Lipinski definition) is 2. The molecule has 8 heteroatoms. The van der Waals surface area contributed by atoms with Gasteiger partial charge in [0, 0.05) is 43.9 Å². The Bertz CT molecular complexity index is 1280. The third kappa shape index (κ3) is 5.61. The van der Waals surface area contributed by atoms with Crippen molar-refractivity contribution in [2.45, 2.75) is 77.2 Å². The molecule has 1 atom stereocenters. The molecule has 3 aromatic rings. The summed E-state index contributed by atoms with van der Waals surface area (Å²) in [5.41, 5.74) is 5.03. The van der Waals surface area contributed by atoms with Gasteiger partial charge in [0.1, 0.15) is 18.2 Å². The average Bonchev–Trinajstić information content (AvgIpc) is 3.52. The van der Waals surface area contributed by atoms with E-state index in [1.54, 1.807) is 18.5 Å². The second kappa shape index (κ2) is 10.5. The van der Waals surface area contributed by atoms with E-state index in [-0.39, 0.29) is 5.78 Å². The van der Waals surface area contributed by atoms with E-state index < -0.39 is 6.10 Å². The van der Waals surface area contributed by atoms with Gasteiger partial charge in [-0.2, -0.15) is 0 Å². The Kier molecular flexibility index (Phi) is 6.93. The molecular formula is C30H36N4O4. The molecule has 0 unspecified atom stereocenters. The lowest BCUT2D eigenvalue weighted by Gasteiger charge is -2.36. The third-order valence-electron chi connectivity index (χ3n) is 8.49. The minimum absolute atomic E-state index is 0.0549. The highest BCUT2D eigenvalue weighted by atomic mass is 16.5. The number of nitrogens with zero attached hydrogens (tertiary/aromatic N) is 3. The predicted molar refractivity (Wildman–Crippen MR) is 143 cm³/mol. The van der Waals surface area contributed by atoms with Gasteiger partial charge in [-0.1, -0.05) is 6.07 Å². The monoisotopic (exact) mass is 516 g/mol. The van der Waals surface area contributed by atoms with Crippen LogP contribution in [0.3, 0.4) is 0 Å². The largest absolute Gasteiger partial charge is 0.485 e. The second-order valence-electron chi connectivity index (χ2n) is 11.4. The molecule has 2 N–H and O–H groups in total. The summed E-state index contributed by atoms with van der Waals surface area (Å²) in [4.78, 5) is 23.4. The number of anilines is 1. The number of Topliss-reactive ketones (excluding diaryl/α,β-unsaturated/α-hetero) is 1. The zero-order valence-corrected chi connectivity index (χ0v) is 22.0. The number of fused-ring (bicyclic) bond motifs is 1. The van der Waals surface area contributed by atoms with Crippen molar-refractivity contribution in [3.8, 4) is 5.75 Å². The van der Waals surface area contributed by atoms with Gasteiger partial charge in [0.05, 0.1) is 12.3 Å². The number of ether oxygens (including phenoxy) is 1. The molecular weight excluding hydrogens is 480 g/mol. The van der Waals surface area contributed by atoms with Crippen LogP contribution in [0.15, 0.2) is 47.5 Å². The van der Waals surface area contributed by atoms with Crippen molar-refractivity contribution in [2.24, 2.45) is 5.41 Å². The zero-order valence-electron chi connectivity index (χ0n) is 22.0. The van der Waals surface area contributed by atoms with Gasteiger partial charge in [-0.05, 0) is 85.8 Å². The molecule has 2 aromatic heterocycles. The number of rotatable bonds is 11. The van der Waals surface area contributed by atoms with Crippen molar-refractivity contribution in [3.63, 3.8) is 0 Å². The average molecular weight is 517 g/mol. The van der Waals surface area contributed by atoms with Crippen molar-refractivity contribution in [1.29, 1.82) is 0 Å². The van der Waals surface area contributed by atoms with Gasteiger partial charge in [0.2, 0.25) is 0 Å². The molecule has 6 rings (SSSR count). The molecule has 0 radical (unpaired) electrons. The van der Waals surface area contributed by atoms with E-state index in [9.17, 15) is 9.90 Å². The van der Waals surface area contributed by atoms with Gasteiger partial charge in [-0.25, -0.2) is 9.97 Å². The number of hydrogen-bond acceptors (Lipinski definition) is 8. The molecule has 38 heavy (non-hydrogen) atoms. The highest BCUT2D eigenvalue weighted by Crippen LogP contribution is 2.61. The number of carbonyl (C=O) groups excluding carboxylic acids is 1. The van der Waals surface area contributed by atoms with Crippen molar-refractivity contribution in [1.82, 2.24) is 14.9 Å². The predicted octanol–water partition coefficient (Wildman–Crippen LogP) is 4.69. The van der Waals surface area contributed by atoms with Crippen molar-refractivity contribution in [3.05, 3.63) is 71.1 Å². The van der Waals surface area contributed by atoms with E-state index in [1.165, 1.54) is 43.2 Å². The van der Waals surface area contributed by atoms with Crippen LogP contribution in [0.1, 0.15) is 71.3 Å². The number of pyridine rings is 1. The van der Waals surface area contributed by atoms with Gasteiger partial charge in [0.15, 0.2) is 17.9 Å². The summed E-state index contributed by atoms with van der Waals surface area (Å²) in [6.07, 6.45) is 11.1. The van der Waals surface area contributed by atoms with Gasteiger partial charge < -0.3 is 19.6 Å².